The monoisotopic (exact) mass is 431 g/mol. The number of hydrogen-bond donors (Lipinski definition) is 0. The Hall–Kier alpha value is -4.49. The first-order valence-corrected chi connectivity index (χ1v) is 11.7. The first-order valence-electron chi connectivity index (χ1n) is 11.7. The van der Waals surface area contributed by atoms with Gasteiger partial charge in [0.1, 0.15) is 0 Å². The van der Waals surface area contributed by atoms with Crippen LogP contribution in [0.15, 0.2) is 128 Å². The van der Waals surface area contributed by atoms with Gasteiger partial charge in [0.25, 0.3) is 0 Å². The van der Waals surface area contributed by atoms with Gasteiger partial charge in [-0.15, -0.1) is 0 Å². The Morgan fingerprint density at radius 2 is 0.824 bits per heavy atom. The zero-order valence-corrected chi connectivity index (χ0v) is 18.6. The summed E-state index contributed by atoms with van der Waals surface area (Å²) in [4.78, 5) is 4.93. The van der Waals surface area contributed by atoms with Crippen molar-refractivity contribution >= 4 is 43.1 Å². The van der Waals surface area contributed by atoms with Gasteiger partial charge >= 0.3 is 0 Å². The standard InChI is InChI=1S/C33H21N/c1-3-13-24-22(10-1)12-9-19-26(24)31-27-15-5-7-17-29(27)32(30-18-8-6-16-28(30)31)33-25-14-4-2-11-23(25)20-21-34-33/h1-21H. The van der Waals surface area contributed by atoms with E-state index in [1.165, 1.54) is 59.8 Å². The third-order valence-electron chi connectivity index (χ3n) is 6.90. The van der Waals surface area contributed by atoms with Crippen LogP contribution in [0.2, 0.25) is 0 Å². The third kappa shape index (κ3) is 2.77. The van der Waals surface area contributed by atoms with Gasteiger partial charge in [-0.25, -0.2) is 0 Å². The first-order chi connectivity index (χ1) is 16.9. The lowest BCUT2D eigenvalue weighted by Gasteiger charge is -2.19. The molecule has 1 heterocycles. The highest BCUT2D eigenvalue weighted by molar-refractivity contribution is 6.24. The molecule has 0 radical (unpaired) electrons. The van der Waals surface area contributed by atoms with Crippen LogP contribution >= 0.6 is 0 Å². The molecule has 0 saturated heterocycles. The Labute approximate surface area is 197 Å². The zero-order chi connectivity index (χ0) is 22.5. The lowest BCUT2D eigenvalue weighted by atomic mass is 9.85. The molecular weight excluding hydrogens is 410 g/mol. The Kier molecular flexibility index (Phi) is 4.22. The van der Waals surface area contributed by atoms with Crippen molar-refractivity contribution in [3.8, 4) is 22.4 Å². The second-order valence-electron chi connectivity index (χ2n) is 8.75. The highest BCUT2D eigenvalue weighted by Crippen LogP contribution is 2.45. The summed E-state index contributed by atoms with van der Waals surface area (Å²) >= 11 is 0. The summed E-state index contributed by atoms with van der Waals surface area (Å²) in [5, 5.41) is 9.88. The molecule has 0 N–H and O–H groups in total. The molecule has 0 spiro atoms. The fourth-order valence-electron chi connectivity index (χ4n) is 5.44. The van der Waals surface area contributed by atoms with Crippen molar-refractivity contribution in [1.82, 2.24) is 4.98 Å². The largest absolute Gasteiger partial charge is 0.256 e. The highest BCUT2D eigenvalue weighted by atomic mass is 14.7. The van der Waals surface area contributed by atoms with E-state index in [0.29, 0.717) is 0 Å². The van der Waals surface area contributed by atoms with E-state index in [0.717, 1.165) is 5.69 Å². The molecule has 0 fully saturated rings. The number of nitrogens with zero attached hydrogens (tertiary/aromatic N) is 1. The molecule has 34 heavy (non-hydrogen) atoms. The maximum Gasteiger partial charge on any atom is 0.0792 e. The fraction of sp³-hybridized carbons (Fsp3) is 0. The van der Waals surface area contributed by atoms with Crippen LogP contribution in [0, 0.1) is 0 Å². The molecule has 1 heteroatoms. The fourth-order valence-corrected chi connectivity index (χ4v) is 5.44. The molecule has 0 amide bonds. The van der Waals surface area contributed by atoms with Crippen LogP contribution in [-0.4, -0.2) is 4.98 Å². The molecular formula is C33H21N. The molecule has 0 aliphatic carbocycles. The summed E-state index contributed by atoms with van der Waals surface area (Å²) in [6.07, 6.45) is 1.93. The highest BCUT2D eigenvalue weighted by Gasteiger charge is 2.19. The van der Waals surface area contributed by atoms with E-state index in [4.69, 9.17) is 4.98 Å². The number of benzene rings is 6. The zero-order valence-electron chi connectivity index (χ0n) is 18.6. The number of hydrogen-bond acceptors (Lipinski definition) is 1. The van der Waals surface area contributed by atoms with Gasteiger partial charge in [-0.3, -0.25) is 4.98 Å². The minimum Gasteiger partial charge on any atom is -0.256 e. The summed E-state index contributed by atoms with van der Waals surface area (Å²) in [6.45, 7) is 0. The topological polar surface area (TPSA) is 12.9 Å². The van der Waals surface area contributed by atoms with E-state index in [1.54, 1.807) is 0 Å². The SMILES string of the molecule is c1ccc2c(-c3c4ccccc4c(-c4nccc5ccccc45)c4ccccc34)cccc2c1. The summed E-state index contributed by atoms with van der Waals surface area (Å²) in [7, 11) is 0. The summed E-state index contributed by atoms with van der Waals surface area (Å²) in [5.41, 5.74) is 4.79. The Morgan fingerprint density at radius 3 is 1.47 bits per heavy atom. The van der Waals surface area contributed by atoms with E-state index < -0.39 is 0 Å². The van der Waals surface area contributed by atoms with Gasteiger partial charge in [-0.1, -0.05) is 115 Å². The van der Waals surface area contributed by atoms with E-state index in [9.17, 15) is 0 Å². The molecule has 0 aliphatic heterocycles. The molecule has 1 nitrogen and oxygen atoms in total. The second kappa shape index (κ2) is 7.54. The number of aromatic nitrogens is 1. The predicted molar refractivity (Wildman–Crippen MR) is 145 cm³/mol. The van der Waals surface area contributed by atoms with Crippen molar-refractivity contribution < 1.29 is 0 Å². The molecule has 6 aromatic carbocycles. The van der Waals surface area contributed by atoms with Gasteiger partial charge < -0.3 is 0 Å². The van der Waals surface area contributed by atoms with E-state index in [1.807, 2.05) is 6.20 Å². The summed E-state index contributed by atoms with van der Waals surface area (Å²) in [5.74, 6) is 0. The van der Waals surface area contributed by atoms with Crippen LogP contribution in [0.5, 0.6) is 0 Å². The van der Waals surface area contributed by atoms with Crippen LogP contribution in [0.4, 0.5) is 0 Å². The molecule has 0 bridgehead atoms. The van der Waals surface area contributed by atoms with Crippen molar-refractivity contribution in [3.63, 3.8) is 0 Å². The average molecular weight is 432 g/mol. The predicted octanol–water partition coefficient (Wildman–Crippen LogP) is 9.03. The molecule has 0 unspecified atom stereocenters. The Morgan fingerprint density at radius 1 is 0.353 bits per heavy atom. The first kappa shape index (κ1) is 19.0. The van der Waals surface area contributed by atoms with Crippen molar-refractivity contribution in [2.45, 2.75) is 0 Å². The van der Waals surface area contributed by atoms with Crippen molar-refractivity contribution in [2.75, 3.05) is 0 Å². The van der Waals surface area contributed by atoms with Crippen LogP contribution < -0.4 is 0 Å². The van der Waals surface area contributed by atoms with Crippen molar-refractivity contribution in [3.05, 3.63) is 128 Å². The molecule has 7 rings (SSSR count). The molecule has 0 saturated carbocycles. The van der Waals surface area contributed by atoms with Gasteiger partial charge in [0.2, 0.25) is 0 Å². The van der Waals surface area contributed by atoms with Gasteiger partial charge in [-0.05, 0) is 54.9 Å². The van der Waals surface area contributed by atoms with Gasteiger partial charge in [0.05, 0.1) is 5.69 Å². The quantitative estimate of drug-likeness (QED) is 0.249. The molecule has 1 aromatic heterocycles. The maximum absolute atomic E-state index is 4.93. The average Bonchev–Trinajstić information content (AvgIpc) is 2.91. The maximum atomic E-state index is 4.93. The Balaban J connectivity index is 1.70. The normalized spacial score (nSPS) is 11.5. The van der Waals surface area contributed by atoms with Crippen LogP contribution in [0.25, 0.3) is 65.5 Å². The Bertz CT molecular complexity index is 1660. The van der Waals surface area contributed by atoms with Crippen LogP contribution in [-0.2, 0) is 0 Å². The molecule has 158 valence electrons. The minimum atomic E-state index is 1.04. The molecule has 7 aromatic rings. The molecule has 0 aliphatic rings. The molecule has 0 atom stereocenters. The van der Waals surface area contributed by atoms with Gasteiger partial charge in [0.15, 0.2) is 0 Å². The van der Waals surface area contributed by atoms with Crippen molar-refractivity contribution in [1.29, 1.82) is 0 Å². The van der Waals surface area contributed by atoms with Crippen LogP contribution in [0.1, 0.15) is 0 Å². The van der Waals surface area contributed by atoms with E-state index in [2.05, 4.69) is 121 Å². The van der Waals surface area contributed by atoms with Crippen LogP contribution in [0.3, 0.4) is 0 Å². The van der Waals surface area contributed by atoms with Crippen molar-refractivity contribution in [2.24, 2.45) is 0 Å². The summed E-state index contributed by atoms with van der Waals surface area (Å²) < 4.78 is 0. The number of fused-ring (bicyclic) bond motifs is 4. The smallest absolute Gasteiger partial charge is 0.0792 e. The second-order valence-corrected chi connectivity index (χ2v) is 8.75. The van der Waals surface area contributed by atoms with Gasteiger partial charge in [0, 0.05) is 17.1 Å². The number of rotatable bonds is 2. The third-order valence-corrected chi connectivity index (χ3v) is 6.90. The summed E-state index contributed by atoms with van der Waals surface area (Å²) in [6, 6.07) is 43.5. The van der Waals surface area contributed by atoms with E-state index in [-0.39, 0.29) is 0 Å². The lowest BCUT2D eigenvalue weighted by Crippen LogP contribution is -1.93. The lowest BCUT2D eigenvalue weighted by molar-refractivity contribution is 1.37. The van der Waals surface area contributed by atoms with E-state index >= 15 is 0 Å². The number of pyridine rings is 1. The minimum absolute atomic E-state index is 1.04. The van der Waals surface area contributed by atoms with Gasteiger partial charge in [-0.2, -0.15) is 0 Å².